The van der Waals surface area contributed by atoms with Crippen LogP contribution in [0.15, 0.2) is 18.2 Å². The van der Waals surface area contributed by atoms with Gasteiger partial charge in [-0.3, -0.25) is 4.79 Å². The zero-order valence-electron chi connectivity index (χ0n) is 10.2. The van der Waals surface area contributed by atoms with Crippen molar-refractivity contribution >= 4 is 5.91 Å². The van der Waals surface area contributed by atoms with E-state index in [0.29, 0.717) is 13.2 Å². The number of benzene rings is 1. The number of nitrogens with one attached hydrogen (secondary N) is 1. The minimum atomic E-state index is -0.468. The van der Waals surface area contributed by atoms with Gasteiger partial charge in [0.25, 0.3) is 5.91 Å². The van der Waals surface area contributed by atoms with Crippen molar-refractivity contribution < 1.29 is 19.7 Å². The number of carbonyl (C=O) groups excluding carboxylic acids is 1. The molecule has 1 heterocycles. The van der Waals surface area contributed by atoms with Crippen molar-refractivity contribution in [3.05, 3.63) is 23.8 Å². The van der Waals surface area contributed by atoms with Crippen LogP contribution in [0, 0.1) is 5.92 Å². The minimum Gasteiger partial charge on any atom is -0.507 e. The van der Waals surface area contributed by atoms with Crippen LogP contribution in [-0.2, 0) is 4.74 Å². The third kappa shape index (κ3) is 2.56. The standard InChI is InChI=1S/C13H17NO4/c1-8(9-5-6-18-7-9)14-13(17)12-10(15)3-2-4-11(12)16/h2-4,8-9,15-16H,5-7H2,1H3,(H,14,17). The molecule has 0 aromatic heterocycles. The highest BCUT2D eigenvalue weighted by Crippen LogP contribution is 2.26. The molecular formula is C13H17NO4. The fourth-order valence-corrected chi connectivity index (χ4v) is 2.10. The molecule has 0 saturated carbocycles. The van der Waals surface area contributed by atoms with Crippen LogP contribution in [0.2, 0.25) is 0 Å². The smallest absolute Gasteiger partial charge is 0.259 e. The summed E-state index contributed by atoms with van der Waals surface area (Å²) >= 11 is 0. The predicted octanol–water partition coefficient (Wildman–Crippen LogP) is 1.25. The molecular weight excluding hydrogens is 234 g/mol. The molecule has 1 aromatic rings. The van der Waals surface area contributed by atoms with E-state index in [2.05, 4.69) is 5.32 Å². The van der Waals surface area contributed by atoms with Gasteiger partial charge in [0.1, 0.15) is 17.1 Å². The third-order valence-corrected chi connectivity index (χ3v) is 3.28. The van der Waals surface area contributed by atoms with Crippen LogP contribution in [0.4, 0.5) is 0 Å². The summed E-state index contributed by atoms with van der Waals surface area (Å²) in [5.41, 5.74) is -0.0803. The number of aromatic hydroxyl groups is 2. The zero-order chi connectivity index (χ0) is 13.1. The first-order valence-electron chi connectivity index (χ1n) is 5.99. The lowest BCUT2D eigenvalue weighted by Gasteiger charge is -2.19. The quantitative estimate of drug-likeness (QED) is 0.755. The van der Waals surface area contributed by atoms with Crippen molar-refractivity contribution in [3.8, 4) is 11.5 Å². The van der Waals surface area contributed by atoms with Crippen LogP contribution in [0.3, 0.4) is 0 Å². The monoisotopic (exact) mass is 251 g/mol. The van der Waals surface area contributed by atoms with Crippen LogP contribution >= 0.6 is 0 Å². The molecule has 1 fully saturated rings. The SMILES string of the molecule is CC(NC(=O)c1c(O)cccc1O)C1CCOC1. The number of rotatable bonds is 3. The van der Waals surface area contributed by atoms with Crippen LogP contribution < -0.4 is 5.32 Å². The first-order valence-corrected chi connectivity index (χ1v) is 5.99. The lowest BCUT2D eigenvalue weighted by atomic mass is 10.00. The number of hydrogen-bond donors (Lipinski definition) is 3. The second-order valence-corrected chi connectivity index (χ2v) is 4.56. The van der Waals surface area contributed by atoms with E-state index in [1.165, 1.54) is 18.2 Å². The molecule has 1 aliphatic heterocycles. The summed E-state index contributed by atoms with van der Waals surface area (Å²) in [6.45, 7) is 3.25. The van der Waals surface area contributed by atoms with E-state index in [9.17, 15) is 15.0 Å². The molecule has 3 N–H and O–H groups in total. The van der Waals surface area contributed by atoms with Gasteiger partial charge in [-0.25, -0.2) is 0 Å². The Hall–Kier alpha value is -1.75. The van der Waals surface area contributed by atoms with Gasteiger partial charge in [0.05, 0.1) is 6.61 Å². The van der Waals surface area contributed by atoms with E-state index < -0.39 is 5.91 Å². The first-order chi connectivity index (χ1) is 8.59. The summed E-state index contributed by atoms with van der Waals surface area (Å²) in [4.78, 5) is 12.0. The van der Waals surface area contributed by atoms with Crippen LogP contribution in [0.25, 0.3) is 0 Å². The fourth-order valence-electron chi connectivity index (χ4n) is 2.10. The second-order valence-electron chi connectivity index (χ2n) is 4.56. The fraction of sp³-hybridized carbons (Fsp3) is 0.462. The molecule has 98 valence electrons. The van der Waals surface area contributed by atoms with Crippen LogP contribution in [0.5, 0.6) is 11.5 Å². The van der Waals surface area contributed by atoms with Gasteiger partial charge in [-0.2, -0.15) is 0 Å². The number of phenols is 2. The molecule has 18 heavy (non-hydrogen) atoms. The summed E-state index contributed by atoms with van der Waals surface area (Å²) < 4.78 is 5.26. The Labute approximate surface area is 105 Å². The Kier molecular flexibility index (Phi) is 3.72. The lowest BCUT2D eigenvalue weighted by molar-refractivity contribution is 0.0916. The Morgan fingerprint density at radius 1 is 1.44 bits per heavy atom. The largest absolute Gasteiger partial charge is 0.507 e. The summed E-state index contributed by atoms with van der Waals surface area (Å²) in [5, 5.41) is 22.0. The van der Waals surface area contributed by atoms with Gasteiger partial charge in [-0.1, -0.05) is 6.07 Å². The molecule has 0 spiro atoms. The maximum Gasteiger partial charge on any atom is 0.259 e. The summed E-state index contributed by atoms with van der Waals surface area (Å²) in [7, 11) is 0. The molecule has 1 aliphatic rings. The lowest BCUT2D eigenvalue weighted by Crippen LogP contribution is -2.38. The molecule has 0 radical (unpaired) electrons. The van der Waals surface area contributed by atoms with E-state index in [4.69, 9.17) is 4.74 Å². The maximum atomic E-state index is 12.0. The van der Waals surface area contributed by atoms with E-state index in [-0.39, 0.29) is 29.0 Å². The van der Waals surface area contributed by atoms with Crippen molar-refractivity contribution in [2.75, 3.05) is 13.2 Å². The summed E-state index contributed by atoms with van der Waals surface area (Å²) in [5.74, 6) is -0.628. The average molecular weight is 251 g/mol. The molecule has 1 saturated heterocycles. The van der Waals surface area contributed by atoms with Gasteiger partial charge in [-0.15, -0.1) is 0 Å². The predicted molar refractivity (Wildman–Crippen MR) is 65.6 cm³/mol. The molecule has 5 nitrogen and oxygen atoms in total. The third-order valence-electron chi connectivity index (χ3n) is 3.28. The Morgan fingerprint density at radius 3 is 2.67 bits per heavy atom. The van der Waals surface area contributed by atoms with Gasteiger partial charge in [-0.05, 0) is 25.5 Å². The Morgan fingerprint density at radius 2 is 2.11 bits per heavy atom. The van der Waals surface area contributed by atoms with Crippen molar-refractivity contribution in [2.45, 2.75) is 19.4 Å². The van der Waals surface area contributed by atoms with Crippen molar-refractivity contribution in [1.82, 2.24) is 5.32 Å². The Bertz CT molecular complexity index is 420. The van der Waals surface area contributed by atoms with Crippen molar-refractivity contribution in [1.29, 1.82) is 0 Å². The van der Waals surface area contributed by atoms with Crippen LogP contribution in [-0.4, -0.2) is 35.4 Å². The topological polar surface area (TPSA) is 78.8 Å². The van der Waals surface area contributed by atoms with Crippen molar-refractivity contribution in [3.63, 3.8) is 0 Å². The summed E-state index contributed by atoms with van der Waals surface area (Å²) in [6, 6.07) is 4.17. The van der Waals surface area contributed by atoms with Gasteiger partial charge >= 0.3 is 0 Å². The van der Waals surface area contributed by atoms with Gasteiger partial charge in [0, 0.05) is 18.6 Å². The first kappa shape index (κ1) is 12.7. The van der Waals surface area contributed by atoms with E-state index >= 15 is 0 Å². The molecule has 0 bridgehead atoms. The highest BCUT2D eigenvalue weighted by atomic mass is 16.5. The van der Waals surface area contributed by atoms with Gasteiger partial charge in [0.2, 0.25) is 0 Å². The van der Waals surface area contributed by atoms with E-state index in [1.807, 2.05) is 6.92 Å². The zero-order valence-corrected chi connectivity index (χ0v) is 10.2. The summed E-state index contributed by atoms with van der Waals surface area (Å²) in [6.07, 6.45) is 0.911. The number of carbonyl (C=O) groups is 1. The number of ether oxygens (including phenoxy) is 1. The van der Waals surface area contributed by atoms with Gasteiger partial charge in [0.15, 0.2) is 0 Å². The highest BCUT2D eigenvalue weighted by molar-refractivity contribution is 5.99. The number of hydrogen-bond acceptors (Lipinski definition) is 4. The van der Waals surface area contributed by atoms with Crippen molar-refractivity contribution in [2.24, 2.45) is 5.92 Å². The number of amides is 1. The molecule has 2 rings (SSSR count). The molecule has 1 amide bonds. The Balaban J connectivity index is 2.07. The average Bonchev–Trinajstić information content (AvgIpc) is 2.81. The molecule has 2 atom stereocenters. The molecule has 5 heteroatoms. The maximum absolute atomic E-state index is 12.0. The van der Waals surface area contributed by atoms with E-state index in [1.54, 1.807) is 0 Å². The van der Waals surface area contributed by atoms with Gasteiger partial charge < -0.3 is 20.3 Å². The second kappa shape index (κ2) is 5.27. The van der Waals surface area contributed by atoms with Crippen LogP contribution in [0.1, 0.15) is 23.7 Å². The minimum absolute atomic E-state index is 0.0565. The molecule has 0 aliphatic carbocycles. The number of phenolic OH excluding ortho intramolecular Hbond substituents is 2. The normalized spacial score (nSPS) is 20.6. The van der Waals surface area contributed by atoms with E-state index in [0.717, 1.165) is 6.42 Å². The molecule has 2 unspecified atom stereocenters. The highest BCUT2D eigenvalue weighted by Gasteiger charge is 2.25. The molecule has 1 aromatic carbocycles.